The van der Waals surface area contributed by atoms with Gasteiger partial charge in [-0.2, -0.15) is 0 Å². The fourth-order valence-corrected chi connectivity index (χ4v) is 1.80. The van der Waals surface area contributed by atoms with Crippen LogP contribution in [0.3, 0.4) is 0 Å². The summed E-state index contributed by atoms with van der Waals surface area (Å²) in [6, 6.07) is 7.61. The molecule has 2 rings (SSSR count). The first-order valence-electron chi connectivity index (χ1n) is 5.21. The van der Waals surface area contributed by atoms with Crippen LogP contribution in [0.15, 0.2) is 36.7 Å². The molecule has 0 amide bonds. The number of rotatable bonds is 5. The molecule has 0 aliphatic heterocycles. The summed E-state index contributed by atoms with van der Waals surface area (Å²) in [7, 11) is 0. The molecule has 6 nitrogen and oxygen atoms in total. The van der Waals surface area contributed by atoms with Crippen molar-refractivity contribution in [2.75, 3.05) is 6.61 Å². The molecule has 0 unspecified atom stereocenters. The van der Waals surface area contributed by atoms with Crippen molar-refractivity contribution >= 4 is 28.5 Å². The van der Waals surface area contributed by atoms with E-state index in [2.05, 4.69) is 27.6 Å². The van der Waals surface area contributed by atoms with E-state index in [1.807, 2.05) is 24.3 Å². The van der Waals surface area contributed by atoms with E-state index in [4.69, 9.17) is 4.74 Å². The van der Waals surface area contributed by atoms with E-state index < -0.39 is 4.92 Å². The number of hydrogen-bond donors (Lipinski definition) is 0. The normalized spacial score (nSPS) is 10.3. The first kappa shape index (κ1) is 12.8. The van der Waals surface area contributed by atoms with Gasteiger partial charge in [0.2, 0.25) is 0 Å². The maximum Gasteiger partial charge on any atom is 0.434 e. The molecule has 0 N–H and O–H groups in total. The highest BCUT2D eigenvalue weighted by Crippen LogP contribution is 2.14. The molecule has 18 heavy (non-hydrogen) atoms. The van der Waals surface area contributed by atoms with Crippen molar-refractivity contribution in [1.82, 2.24) is 9.55 Å². The van der Waals surface area contributed by atoms with Crippen LogP contribution in [0.1, 0.15) is 0 Å². The summed E-state index contributed by atoms with van der Waals surface area (Å²) in [6.07, 6.45) is 2.97. The molecule has 0 saturated carbocycles. The smallest absolute Gasteiger partial charge is 0.434 e. The summed E-state index contributed by atoms with van der Waals surface area (Å²) in [5.74, 6) is 0.583. The molecule has 1 aromatic carbocycles. The highest BCUT2D eigenvalue weighted by Gasteiger charge is 2.13. The van der Waals surface area contributed by atoms with Gasteiger partial charge in [0.15, 0.2) is 0 Å². The summed E-state index contributed by atoms with van der Waals surface area (Å²) in [5.41, 5.74) is 0. The van der Waals surface area contributed by atoms with Crippen LogP contribution >= 0.6 is 22.6 Å². The largest absolute Gasteiger partial charge is 0.490 e. The lowest BCUT2D eigenvalue weighted by molar-refractivity contribution is -0.396. The molecule has 0 saturated heterocycles. The highest BCUT2D eigenvalue weighted by atomic mass is 127. The van der Waals surface area contributed by atoms with Gasteiger partial charge in [0.25, 0.3) is 0 Å². The molecular formula is C11H10IN3O3. The number of benzene rings is 1. The van der Waals surface area contributed by atoms with Gasteiger partial charge >= 0.3 is 5.95 Å². The van der Waals surface area contributed by atoms with Crippen LogP contribution in [0.4, 0.5) is 5.95 Å². The van der Waals surface area contributed by atoms with Crippen molar-refractivity contribution in [1.29, 1.82) is 0 Å². The van der Waals surface area contributed by atoms with Crippen LogP contribution in [-0.2, 0) is 6.54 Å². The first-order chi connectivity index (χ1) is 8.66. The summed E-state index contributed by atoms with van der Waals surface area (Å²) in [4.78, 5) is 13.8. The Morgan fingerprint density at radius 3 is 2.78 bits per heavy atom. The predicted molar refractivity (Wildman–Crippen MR) is 73.5 cm³/mol. The molecule has 1 aromatic heterocycles. The van der Waals surface area contributed by atoms with Crippen LogP contribution in [-0.4, -0.2) is 21.1 Å². The number of imidazole rings is 1. The lowest BCUT2D eigenvalue weighted by atomic mass is 10.3. The summed E-state index contributed by atoms with van der Waals surface area (Å²) in [6.45, 7) is 0.750. The SMILES string of the molecule is O=[N+]([O-])c1nccn1CCOc1ccc(I)cc1. The molecule has 2 aromatic rings. The van der Waals surface area contributed by atoms with Gasteiger partial charge in [-0.1, -0.05) is 4.98 Å². The summed E-state index contributed by atoms with van der Waals surface area (Å²) in [5, 5.41) is 10.6. The average Bonchev–Trinajstić information content (AvgIpc) is 2.80. The van der Waals surface area contributed by atoms with Crippen molar-refractivity contribution in [2.24, 2.45) is 0 Å². The van der Waals surface area contributed by atoms with E-state index in [0.29, 0.717) is 13.2 Å². The molecule has 0 aliphatic carbocycles. The number of nitro groups is 1. The third kappa shape index (κ3) is 3.19. The van der Waals surface area contributed by atoms with Gasteiger partial charge in [0.05, 0.1) is 0 Å². The molecule has 0 bridgehead atoms. The van der Waals surface area contributed by atoms with Crippen molar-refractivity contribution in [3.63, 3.8) is 0 Å². The quantitative estimate of drug-likeness (QED) is 0.467. The standard InChI is InChI=1S/C11H10IN3O3/c12-9-1-3-10(4-2-9)18-8-7-14-6-5-13-11(14)15(16)17/h1-6H,7-8H2. The Morgan fingerprint density at radius 1 is 1.39 bits per heavy atom. The zero-order chi connectivity index (χ0) is 13.0. The van der Waals surface area contributed by atoms with Gasteiger partial charge in [-0.25, -0.2) is 4.57 Å². The molecule has 0 aliphatic rings. The Morgan fingerprint density at radius 2 is 2.11 bits per heavy atom. The van der Waals surface area contributed by atoms with E-state index in [1.165, 1.54) is 10.8 Å². The minimum Gasteiger partial charge on any atom is -0.490 e. The minimum absolute atomic E-state index is 0.166. The molecule has 0 radical (unpaired) electrons. The van der Waals surface area contributed by atoms with Crippen LogP contribution < -0.4 is 4.74 Å². The third-order valence-electron chi connectivity index (χ3n) is 2.27. The Hall–Kier alpha value is -1.64. The summed E-state index contributed by atoms with van der Waals surface area (Å²) < 4.78 is 8.08. The van der Waals surface area contributed by atoms with Gasteiger partial charge < -0.3 is 14.9 Å². The Kier molecular flexibility index (Phi) is 4.13. The minimum atomic E-state index is -0.509. The third-order valence-corrected chi connectivity index (χ3v) is 2.99. The van der Waals surface area contributed by atoms with E-state index >= 15 is 0 Å². The lowest BCUT2D eigenvalue weighted by Crippen LogP contribution is -2.10. The van der Waals surface area contributed by atoms with E-state index in [0.717, 1.165) is 9.32 Å². The van der Waals surface area contributed by atoms with E-state index in [9.17, 15) is 10.1 Å². The molecular weight excluding hydrogens is 349 g/mol. The lowest BCUT2D eigenvalue weighted by Gasteiger charge is -2.05. The Labute approximate surface area is 117 Å². The van der Waals surface area contributed by atoms with Crippen molar-refractivity contribution in [2.45, 2.75) is 6.54 Å². The Bertz CT molecular complexity index is 539. The average molecular weight is 359 g/mol. The zero-order valence-electron chi connectivity index (χ0n) is 9.32. The second-order valence-corrected chi connectivity index (χ2v) is 4.73. The van der Waals surface area contributed by atoms with Gasteiger partial charge in [-0.05, 0) is 51.8 Å². The fraction of sp³-hybridized carbons (Fsp3) is 0.182. The van der Waals surface area contributed by atoms with Crippen LogP contribution in [0.5, 0.6) is 5.75 Å². The molecule has 0 atom stereocenters. The number of halogens is 1. The van der Waals surface area contributed by atoms with E-state index in [-0.39, 0.29) is 5.95 Å². The molecule has 0 spiro atoms. The molecule has 0 fully saturated rings. The van der Waals surface area contributed by atoms with Crippen LogP contribution in [0.2, 0.25) is 0 Å². The number of aromatic nitrogens is 2. The zero-order valence-corrected chi connectivity index (χ0v) is 11.5. The van der Waals surface area contributed by atoms with Gasteiger partial charge in [-0.3, -0.25) is 0 Å². The predicted octanol–water partition coefficient (Wildman–Crippen LogP) is 2.47. The second kappa shape index (κ2) is 5.80. The number of nitrogens with zero attached hydrogens (tertiary/aromatic N) is 3. The van der Waals surface area contributed by atoms with Crippen LogP contribution in [0.25, 0.3) is 0 Å². The van der Waals surface area contributed by atoms with E-state index in [1.54, 1.807) is 6.20 Å². The van der Waals surface area contributed by atoms with Crippen LogP contribution in [0, 0.1) is 13.7 Å². The molecule has 94 valence electrons. The van der Waals surface area contributed by atoms with Gasteiger partial charge in [-0.15, -0.1) is 0 Å². The highest BCUT2D eigenvalue weighted by molar-refractivity contribution is 14.1. The second-order valence-electron chi connectivity index (χ2n) is 3.48. The number of ether oxygens (including phenoxy) is 1. The first-order valence-corrected chi connectivity index (χ1v) is 6.28. The maximum absolute atomic E-state index is 10.6. The topological polar surface area (TPSA) is 70.2 Å². The monoisotopic (exact) mass is 359 g/mol. The van der Waals surface area contributed by atoms with Crippen molar-refractivity contribution in [3.8, 4) is 5.75 Å². The van der Waals surface area contributed by atoms with Gasteiger partial charge in [0, 0.05) is 3.57 Å². The van der Waals surface area contributed by atoms with Crippen molar-refractivity contribution < 1.29 is 9.66 Å². The fourth-order valence-electron chi connectivity index (χ4n) is 1.44. The molecule has 1 heterocycles. The summed E-state index contributed by atoms with van der Waals surface area (Å²) >= 11 is 2.21. The maximum atomic E-state index is 10.6. The Balaban J connectivity index is 1.90. The number of hydrogen-bond acceptors (Lipinski definition) is 4. The molecule has 7 heteroatoms. The van der Waals surface area contributed by atoms with Crippen molar-refractivity contribution in [3.05, 3.63) is 50.3 Å². The van der Waals surface area contributed by atoms with Gasteiger partial charge in [0.1, 0.15) is 31.3 Å².